The van der Waals surface area contributed by atoms with Crippen LogP contribution in [0.4, 0.5) is 0 Å². The highest BCUT2D eigenvalue weighted by Crippen LogP contribution is 2.26. The molecule has 112 valence electrons. The van der Waals surface area contributed by atoms with E-state index in [1.807, 2.05) is 31.2 Å². The first-order valence-electron chi connectivity index (χ1n) is 7.13. The van der Waals surface area contributed by atoms with Gasteiger partial charge < -0.3 is 5.32 Å². The van der Waals surface area contributed by atoms with Gasteiger partial charge in [-0.25, -0.2) is 13.4 Å². The van der Waals surface area contributed by atoms with Gasteiger partial charge in [-0.2, -0.15) is 0 Å². The zero-order chi connectivity index (χ0) is 14.9. The molecule has 1 saturated heterocycles. The molecule has 1 aliphatic rings. The van der Waals surface area contributed by atoms with E-state index in [0.29, 0.717) is 24.9 Å². The minimum Gasteiger partial charge on any atom is -0.315 e. The Labute approximate surface area is 124 Å². The van der Waals surface area contributed by atoms with Crippen LogP contribution < -0.4 is 10.6 Å². The summed E-state index contributed by atoms with van der Waals surface area (Å²) in [7, 11) is -3.49. The van der Waals surface area contributed by atoms with Crippen molar-refractivity contribution in [2.24, 2.45) is 0 Å². The van der Waals surface area contributed by atoms with E-state index in [4.69, 9.17) is 0 Å². The van der Waals surface area contributed by atoms with Crippen molar-refractivity contribution >= 4 is 20.6 Å². The molecule has 1 atom stereocenters. The van der Waals surface area contributed by atoms with Crippen LogP contribution >= 0.6 is 0 Å². The third-order valence-corrected chi connectivity index (χ3v) is 5.87. The molecule has 0 radical (unpaired) electrons. The molecule has 0 aliphatic carbocycles. The SMILES string of the molecule is Cc1cnc(S(=O)(=O)C2CCNCCN2)c2ccccc12. The second-order valence-corrected chi connectivity index (χ2v) is 7.36. The van der Waals surface area contributed by atoms with Crippen molar-refractivity contribution < 1.29 is 8.42 Å². The number of nitrogens with zero attached hydrogens (tertiary/aromatic N) is 1. The third-order valence-electron chi connectivity index (χ3n) is 3.86. The van der Waals surface area contributed by atoms with Gasteiger partial charge in [-0.3, -0.25) is 5.32 Å². The normalized spacial score (nSPS) is 20.3. The molecule has 6 heteroatoms. The zero-order valence-corrected chi connectivity index (χ0v) is 12.8. The minimum atomic E-state index is -3.49. The van der Waals surface area contributed by atoms with Gasteiger partial charge in [0.1, 0.15) is 5.37 Å². The average molecular weight is 305 g/mol. The molecule has 2 heterocycles. The largest absolute Gasteiger partial charge is 0.315 e. The fourth-order valence-corrected chi connectivity index (χ4v) is 4.44. The molecule has 1 aromatic heterocycles. The van der Waals surface area contributed by atoms with E-state index in [0.717, 1.165) is 17.5 Å². The van der Waals surface area contributed by atoms with Crippen LogP contribution in [0.2, 0.25) is 0 Å². The first kappa shape index (κ1) is 14.4. The Morgan fingerprint density at radius 3 is 2.71 bits per heavy atom. The third kappa shape index (κ3) is 2.66. The van der Waals surface area contributed by atoms with E-state index < -0.39 is 15.2 Å². The van der Waals surface area contributed by atoms with Crippen LogP contribution in [-0.4, -0.2) is 38.4 Å². The van der Waals surface area contributed by atoms with Crippen LogP contribution in [0.3, 0.4) is 0 Å². The summed E-state index contributed by atoms with van der Waals surface area (Å²) in [6.07, 6.45) is 2.19. The highest BCUT2D eigenvalue weighted by Gasteiger charge is 2.30. The topological polar surface area (TPSA) is 71.1 Å². The Bertz CT molecular complexity index is 751. The molecule has 1 aromatic carbocycles. The molecule has 1 fully saturated rings. The average Bonchev–Trinajstić information content (AvgIpc) is 2.77. The molecule has 1 unspecified atom stereocenters. The van der Waals surface area contributed by atoms with E-state index in [9.17, 15) is 8.42 Å². The molecule has 0 bridgehead atoms. The lowest BCUT2D eigenvalue weighted by Gasteiger charge is -2.17. The molecule has 21 heavy (non-hydrogen) atoms. The molecular formula is C15H19N3O2S. The number of benzene rings is 1. The van der Waals surface area contributed by atoms with Crippen LogP contribution in [0, 0.1) is 6.92 Å². The van der Waals surface area contributed by atoms with Crippen molar-refractivity contribution in [2.45, 2.75) is 23.7 Å². The van der Waals surface area contributed by atoms with Crippen molar-refractivity contribution in [3.8, 4) is 0 Å². The van der Waals surface area contributed by atoms with Gasteiger partial charge in [-0.05, 0) is 30.8 Å². The molecule has 2 aromatic rings. The van der Waals surface area contributed by atoms with E-state index in [1.54, 1.807) is 6.20 Å². The summed E-state index contributed by atoms with van der Waals surface area (Å²) >= 11 is 0. The summed E-state index contributed by atoms with van der Waals surface area (Å²) in [5, 5.41) is 7.56. The van der Waals surface area contributed by atoms with Gasteiger partial charge in [0.15, 0.2) is 5.03 Å². The van der Waals surface area contributed by atoms with Gasteiger partial charge in [-0.15, -0.1) is 0 Å². The van der Waals surface area contributed by atoms with Crippen LogP contribution in [0.15, 0.2) is 35.5 Å². The van der Waals surface area contributed by atoms with Crippen molar-refractivity contribution in [3.05, 3.63) is 36.0 Å². The van der Waals surface area contributed by atoms with Gasteiger partial charge in [-0.1, -0.05) is 24.3 Å². The molecule has 2 N–H and O–H groups in total. The fraction of sp³-hybridized carbons (Fsp3) is 0.400. The Kier molecular flexibility index (Phi) is 3.93. The molecular weight excluding hydrogens is 286 g/mol. The molecule has 0 saturated carbocycles. The Morgan fingerprint density at radius 1 is 1.14 bits per heavy atom. The summed E-state index contributed by atoms with van der Waals surface area (Å²) in [5.74, 6) is 0. The number of sulfone groups is 1. The van der Waals surface area contributed by atoms with Crippen LogP contribution in [0.5, 0.6) is 0 Å². The number of hydrogen-bond donors (Lipinski definition) is 2. The van der Waals surface area contributed by atoms with E-state index in [1.165, 1.54) is 0 Å². The summed E-state index contributed by atoms with van der Waals surface area (Å²) in [6, 6.07) is 7.54. The zero-order valence-electron chi connectivity index (χ0n) is 12.0. The van der Waals surface area contributed by atoms with E-state index in [-0.39, 0.29) is 5.03 Å². The predicted molar refractivity (Wildman–Crippen MR) is 82.9 cm³/mol. The van der Waals surface area contributed by atoms with Crippen molar-refractivity contribution in [1.82, 2.24) is 15.6 Å². The maximum absolute atomic E-state index is 12.9. The highest BCUT2D eigenvalue weighted by atomic mass is 32.2. The predicted octanol–water partition coefficient (Wildman–Crippen LogP) is 1.23. The summed E-state index contributed by atoms with van der Waals surface area (Å²) in [5.41, 5.74) is 0.986. The number of aromatic nitrogens is 1. The number of hydrogen-bond acceptors (Lipinski definition) is 5. The molecule has 0 spiro atoms. The number of pyridine rings is 1. The molecule has 5 nitrogen and oxygen atoms in total. The summed E-state index contributed by atoms with van der Waals surface area (Å²) in [4.78, 5) is 4.24. The van der Waals surface area contributed by atoms with Crippen LogP contribution in [0.1, 0.15) is 12.0 Å². The Morgan fingerprint density at radius 2 is 1.90 bits per heavy atom. The minimum absolute atomic E-state index is 0.183. The monoisotopic (exact) mass is 305 g/mol. The van der Waals surface area contributed by atoms with Gasteiger partial charge in [0.05, 0.1) is 0 Å². The Hall–Kier alpha value is -1.50. The van der Waals surface area contributed by atoms with Crippen LogP contribution in [-0.2, 0) is 9.84 Å². The Balaban J connectivity index is 2.12. The molecule has 3 rings (SSSR count). The maximum atomic E-state index is 12.9. The first-order chi connectivity index (χ1) is 10.1. The number of aryl methyl sites for hydroxylation is 1. The van der Waals surface area contributed by atoms with Crippen LogP contribution in [0.25, 0.3) is 10.8 Å². The van der Waals surface area contributed by atoms with Gasteiger partial charge in [0.25, 0.3) is 0 Å². The lowest BCUT2D eigenvalue weighted by atomic mass is 10.1. The standard InChI is InChI=1S/C15H19N3O2S/c1-11-10-18-15(13-5-3-2-4-12(11)13)21(19,20)14-6-7-16-8-9-17-14/h2-5,10,14,16-17H,6-9H2,1H3. The second kappa shape index (κ2) is 5.71. The second-order valence-electron chi connectivity index (χ2n) is 5.32. The van der Waals surface area contributed by atoms with Gasteiger partial charge >= 0.3 is 0 Å². The summed E-state index contributed by atoms with van der Waals surface area (Å²) < 4.78 is 25.8. The number of nitrogens with one attached hydrogen (secondary N) is 2. The van der Waals surface area contributed by atoms with E-state index in [2.05, 4.69) is 15.6 Å². The van der Waals surface area contributed by atoms with Crippen molar-refractivity contribution in [2.75, 3.05) is 19.6 Å². The number of rotatable bonds is 2. The van der Waals surface area contributed by atoms with Crippen molar-refractivity contribution in [3.63, 3.8) is 0 Å². The highest BCUT2D eigenvalue weighted by molar-refractivity contribution is 7.92. The quantitative estimate of drug-likeness (QED) is 0.873. The summed E-state index contributed by atoms with van der Waals surface area (Å²) in [6.45, 7) is 4.07. The first-order valence-corrected chi connectivity index (χ1v) is 8.67. The molecule has 1 aliphatic heterocycles. The number of fused-ring (bicyclic) bond motifs is 1. The molecule has 0 amide bonds. The maximum Gasteiger partial charge on any atom is 0.212 e. The van der Waals surface area contributed by atoms with Crippen molar-refractivity contribution in [1.29, 1.82) is 0 Å². The van der Waals surface area contributed by atoms with Gasteiger partial charge in [0.2, 0.25) is 9.84 Å². The fourth-order valence-electron chi connectivity index (χ4n) is 2.72. The van der Waals surface area contributed by atoms with E-state index >= 15 is 0 Å². The lowest BCUT2D eigenvalue weighted by Crippen LogP contribution is -2.37. The lowest BCUT2D eigenvalue weighted by molar-refractivity contribution is 0.548. The smallest absolute Gasteiger partial charge is 0.212 e. The van der Waals surface area contributed by atoms with Gasteiger partial charge in [0, 0.05) is 24.7 Å².